The molecule has 0 aromatic carbocycles. The van der Waals surface area contributed by atoms with Crippen molar-refractivity contribution in [3.8, 4) is 0 Å². The molecule has 1 saturated heterocycles. The largest absolute Gasteiger partial charge is 0.300 e. The van der Waals surface area contributed by atoms with E-state index in [1.807, 2.05) is 24.0 Å². The number of hydrogen-bond acceptors (Lipinski definition) is 3. The molecule has 0 N–H and O–H groups in total. The van der Waals surface area contributed by atoms with E-state index in [4.69, 9.17) is 4.98 Å². The predicted molar refractivity (Wildman–Crippen MR) is 81.4 cm³/mol. The van der Waals surface area contributed by atoms with E-state index in [2.05, 4.69) is 36.4 Å². The molecule has 4 heteroatoms. The van der Waals surface area contributed by atoms with E-state index in [-0.39, 0.29) is 5.41 Å². The standard InChI is InChI=1S/C15H21N3S/c1-15(2,3)10-12-17-11-6-4-8-16-14(11)18(12)13-7-5-9-19-13/h4,6,8,13H,5,7,9-10H2,1-3H3. The molecule has 0 saturated carbocycles. The van der Waals surface area contributed by atoms with Crippen molar-refractivity contribution in [1.82, 2.24) is 14.5 Å². The lowest BCUT2D eigenvalue weighted by Gasteiger charge is -2.21. The maximum absolute atomic E-state index is 4.83. The highest BCUT2D eigenvalue weighted by Gasteiger charge is 2.25. The minimum atomic E-state index is 0.252. The van der Waals surface area contributed by atoms with Gasteiger partial charge in [-0.25, -0.2) is 9.97 Å². The van der Waals surface area contributed by atoms with E-state index < -0.39 is 0 Å². The summed E-state index contributed by atoms with van der Waals surface area (Å²) in [6, 6.07) is 4.05. The van der Waals surface area contributed by atoms with Crippen LogP contribution in [0, 0.1) is 5.41 Å². The van der Waals surface area contributed by atoms with Gasteiger partial charge in [-0.15, -0.1) is 11.8 Å². The fourth-order valence-corrected chi connectivity index (χ4v) is 3.95. The summed E-state index contributed by atoms with van der Waals surface area (Å²) in [6.07, 6.45) is 5.42. The molecule has 0 spiro atoms. The van der Waals surface area contributed by atoms with Crippen molar-refractivity contribution in [3.63, 3.8) is 0 Å². The Morgan fingerprint density at radius 2 is 2.26 bits per heavy atom. The SMILES string of the molecule is CC(C)(C)Cc1nc2cccnc2n1C1CCCS1. The topological polar surface area (TPSA) is 30.7 Å². The van der Waals surface area contributed by atoms with Crippen LogP contribution in [0.2, 0.25) is 0 Å². The van der Waals surface area contributed by atoms with Crippen LogP contribution in [0.1, 0.15) is 44.8 Å². The molecule has 3 rings (SSSR count). The fraction of sp³-hybridized carbons (Fsp3) is 0.600. The molecule has 1 aliphatic heterocycles. The van der Waals surface area contributed by atoms with E-state index in [1.54, 1.807) is 0 Å². The number of hydrogen-bond donors (Lipinski definition) is 0. The summed E-state index contributed by atoms with van der Waals surface area (Å²) in [5, 5.41) is 0.525. The van der Waals surface area contributed by atoms with Crippen molar-refractivity contribution in [3.05, 3.63) is 24.2 Å². The Morgan fingerprint density at radius 3 is 2.95 bits per heavy atom. The molecule has 2 aromatic rings. The number of thioether (sulfide) groups is 1. The van der Waals surface area contributed by atoms with Crippen molar-refractivity contribution in [1.29, 1.82) is 0 Å². The van der Waals surface area contributed by atoms with Gasteiger partial charge in [0.15, 0.2) is 5.65 Å². The number of nitrogens with zero attached hydrogens (tertiary/aromatic N) is 3. The molecule has 1 unspecified atom stereocenters. The van der Waals surface area contributed by atoms with E-state index in [1.165, 1.54) is 24.4 Å². The van der Waals surface area contributed by atoms with Gasteiger partial charge >= 0.3 is 0 Å². The molecule has 3 nitrogen and oxygen atoms in total. The van der Waals surface area contributed by atoms with Crippen LogP contribution in [0.3, 0.4) is 0 Å². The van der Waals surface area contributed by atoms with Gasteiger partial charge in [0.05, 0.1) is 5.37 Å². The average molecular weight is 275 g/mol. The summed E-state index contributed by atoms with van der Waals surface area (Å²) in [7, 11) is 0. The van der Waals surface area contributed by atoms with Crippen LogP contribution in [-0.4, -0.2) is 20.3 Å². The van der Waals surface area contributed by atoms with Gasteiger partial charge in [0.1, 0.15) is 11.3 Å². The lowest BCUT2D eigenvalue weighted by atomic mass is 9.92. The quantitative estimate of drug-likeness (QED) is 0.828. The van der Waals surface area contributed by atoms with Gasteiger partial charge in [0.2, 0.25) is 0 Å². The van der Waals surface area contributed by atoms with Crippen molar-refractivity contribution in [2.24, 2.45) is 5.41 Å². The minimum absolute atomic E-state index is 0.252. The van der Waals surface area contributed by atoms with Crippen molar-refractivity contribution >= 4 is 22.9 Å². The van der Waals surface area contributed by atoms with Gasteiger partial charge in [-0.05, 0) is 36.1 Å². The second-order valence-corrected chi connectivity index (χ2v) is 7.74. The zero-order valence-corrected chi connectivity index (χ0v) is 12.7. The molecule has 1 fully saturated rings. The minimum Gasteiger partial charge on any atom is -0.300 e. The Hall–Kier alpha value is -1.03. The first-order chi connectivity index (χ1) is 9.04. The number of pyridine rings is 1. The third-order valence-electron chi connectivity index (χ3n) is 3.40. The summed E-state index contributed by atoms with van der Waals surface area (Å²) in [6.45, 7) is 6.81. The van der Waals surface area contributed by atoms with Crippen LogP contribution in [0.5, 0.6) is 0 Å². The highest BCUT2D eigenvalue weighted by molar-refractivity contribution is 7.99. The third-order valence-corrected chi connectivity index (χ3v) is 4.76. The third kappa shape index (κ3) is 2.64. The summed E-state index contributed by atoms with van der Waals surface area (Å²) in [5.74, 6) is 2.45. The van der Waals surface area contributed by atoms with Gasteiger partial charge in [-0.1, -0.05) is 20.8 Å². The van der Waals surface area contributed by atoms with Gasteiger partial charge < -0.3 is 0 Å². The molecular formula is C15H21N3S. The molecule has 0 radical (unpaired) electrons. The Labute approximate surface area is 118 Å². The van der Waals surface area contributed by atoms with Crippen molar-refractivity contribution in [2.75, 3.05) is 5.75 Å². The van der Waals surface area contributed by atoms with Crippen LogP contribution in [0.4, 0.5) is 0 Å². The number of aromatic nitrogens is 3. The second kappa shape index (κ2) is 4.82. The van der Waals surface area contributed by atoms with Crippen LogP contribution in [0.25, 0.3) is 11.2 Å². The smallest absolute Gasteiger partial charge is 0.160 e. The molecule has 102 valence electrons. The number of fused-ring (bicyclic) bond motifs is 1. The molecule has 2 aromatic heterocycles. The van der Waals surface area contributed by atoms with Gasteiger partial charge in [0.25, 0.3) is 0 Å². The monoisotopic (exact) mass is 275 g/mol. The summed E-state index contributed by atoms with van der Waals surface area (Å²) in [5.41, 5.74) is 2.35. The lowest BCUT2D eigenvalue weighted by molar-refractivity contribution is 0.391. The Kier molecular flexibility index (Phi) is 3.29. The number of rotatable bonds is 2. The highest BCUT2D eigenvalue weighted by Crippen LogP contribution is 2.39. The van der Waals surface area contributed by atoms with Crippen LogP contribution in [0.15, 0.2) is 18.3 Å². The first-order valence-electron chi connectivity index (χ1n) is 6.98. The fourth-order valence-electron chi connectivity index (χ4n) is 2.64. The molecule has 1 atom stereocenters. The van der Waals surface area contributed by atoms with E-state index in [0.717, 1.165) is 17.6 Å². The maximum atomic E-state index is 4.83. The predicted octanol–water partition coefficient (Wildman–Crippen LogP) is 4.05. The molecule has 0 bridgehead atoms. The average Bonchev–Trinajstić information content (AvgIpc) is 2.92. The zero-order valence-electron chi connectivity index (χ0n) is 11.9. The zero-order chi connectivity index (χ0) is 13.5. The summed E-state index contributed by atoms with van der Waals surface area (Å²) >= 11 is 2.04. The first-order valence-corrected chi connectivity index (χ1v) is 8.03. The Morgan fingerprint density at radius 1 is 1.42 bits per heavy atom. The van der Waals surface area contributed by atoms with Crippen LogP contribution >= 0.6 is 11.8 Å². The molecule has 3 heterocycles. The molecule has 0 amide bonds. The van der Waals surface area contributed by atoms with Gasteiger partial charge in [-0.2, -0.15) is 0 Å². The van der Waals surface area contributed by atoms with E-state index in [9.17, 15) is 0 Å². The summed E-state index contributed by atoms with van der Waals surface area (Å²) in [4.78, 5) is 9.39. The molecule has 19 heavy (non-hydrogen) atoms. The van der Waals surface area contributed by atoms with Crippen molar-refractivity contribution in [2.45, 2.75) is 45.4 Å². The van der Waals surface area contributed by atoms with E-state index >= 15 is 0 Å². The van der Waals surface area contributed by atoms with Crippen LogP contribution < -0.4 is 0 Å². The Balaban J connectivity index is 2.11. The molecule has 0 aliphatic carbocycles. The Bertz CT molecular complexity index is 577. The lowest BCUT2D eigenvalue weighted by Crippen LogP contribution is -2.16. The molecular weight excluding hydrogens is 254 g/mol. The van der Waals surface area contributed by atoms with Crippen LogP contribution in [-0.2, 0) is 6.42 Å². The maximum Gasteiger partial charge on any atom is 0.160 e. The number of imidazole rings is 1. The van der Waals surface area contributed by atoms with Gasteiger partial charge in [-0.3, -0.25) is 4.57 Å². The second-order valence-electron chi connectivity index (χ2n) is 6.45. The van der Waals surface area contributed by atoms with Gasteiger partial charge in [0, 0.05) is 12.6 Å². The summed E-state index contributed by atoms with van der Waals surface area (Å²) < 4.78 is 2.39. The highest BCUT2D eigenvalue weighted by atomic mass is 32.2. The molecule has 1 aliphatic rings. The van der Waals surface area contributed by atoms with Crippen molar-refractivity contribution < 1.29 is 0 Å². The first kappa shape index (κ1) is 13.0. The van der Waals surface area contributed by atoms with E-state index in [0.29, 0.717) is 5.37 Å². The normalized spacial score (nSPS) is 20.3.